The van der Waals surface area contributed by atoms with Gasteiger partial charge in [0.15, 0.2) is 0 Å². The molecule has 0 saturated carbocycles. The van der Waals surface area contributed by atoms with E-state index >= 15 is 0 Å². The van der Waals surface area contributed by atoms with Crippen LogP contribution in [0.15, 0.2) is 39.9 Å². The molecule has 0 saturated heterocycles. The van der Waals surface area contributed by atoms with Crippen molar-refractivity contribution in [2.24, 2.45) is 0 Å². The van der Waals surface area contributed by atoms with Crippen molar-refractivity contribution < 1.29 is 18.1 Å². The Labute approximate surface area is 124 Å². The van der Waals surface area contributed by atoms with Crippen LogP contribution in [0.4, 0.5) is 5.69 Å². The third-order valence-corrected chi connectivity index (χ3v) is 4.84. The van der Waals surface area contributed by atoms with E-state index in [1.54, 1.807) is 5.38 Å². The van der Waals surface area contributed by atoms with E-state index in [2.05, 4.69) is 0 Å². The number of hydrogen-bond donors (Lipinski definition) is 1. The van der Waals surface area contributed by atoms with Gasteiger partial charge in [-0.25, -0.2) is 13.1 Å². The lowest BCUT2D eigenvalue weighted by molar-refractivity contribution is -0.385. The maximum absolute atomic E-state index is 12.1. The summed E-state index contributed by atoms with van der Waals surface area (Å²) >= 11 is 1.27. The molecule has 0 unspecified atom stereocenters. The van der Waals surface area contributed by atoms with Gasteiger partial charge in [-0.3, -0.25) is 14.9 Å². The van der Waals surface area contributed by atoms with Crippen molar-refractivity contribution in [2.75, 3.05) is 0 Å². The number of nitro benzene ring substituents is 1. The van der Waals surface area contributed by atoms with Crippen LogP contribution in [0.5, 0.6) is 0 Å². The minimum atomic E-state index is -4.08. The SMILES string of the molecule is Cc1cc([N+](=O)[O-])ccc1S(=O)(=O)NC(=O)c1ccsc1. The summed E-state index contributed by atoms with van der Waals surface area (Å²) in [6, 6.07) is 4.83. The number of thiophene rings is 1. The second-order valence-electron chi connectivity index (χ2n) is 4.15. The first kappa shape index (κ1) is 15.1. The molecule has 2 aromatic rings. The number of nitro groups is 1. The van der Waals surface area contributed by atoms with Crippen LogP contribution in [-0.4, -0.2) is 19.2 Å². The van der Waals surface area contributed by atoms with Crippen LogP contribution < -0.4 is 4.72 Å². The summed E-state index contributed by atoms with van der Waals surface area (Å²) < 4.78 is 26.2. The normalized spacial score (nSPS) is 11.1. The van der Waals surface area contributed by atoms with Crippen LogP contribution in [0, 0.1) is 17.0 Å². The smallest absolute Gasteiger partial charge is 0.268 e. The van der Waals surface area contributed by atoms with Gasteiger partial charge in [-0.1, -0.05) is 0 Å². The second-order valence-corrected chi connectivity index (χ2v) is 6.58. The topological polar surface area (TPSA) is 106 Å². The molecule has 0 bridgehead atoms. The molecule has 0 spiro atoms. The van der Waals surface area contributed by atoms with Crippen molar-refractivity contribution >= 4 is 33.0 Å². The third-order valence-electron chi connectivity index (χ3n) is 2.67. The fraction of sp³-hybridized carbons (Fsp3) is 0.0833. The molecular formula is C12H10N2O5S2. The number of non-ortho nitro benzene ring substituents is 1. The van der Waals surface area contributed by atoms with Crippen molar-refractivity contribution in [1.82, 2.24) is 4.72 Å². The lowest BCUT2D eigenvalue weighted by atomic mass is 10.2. The summed E-state index contributed by atoms with van der Waals surface area (Å²) in [4.78, 5) is 21.6. The Bertz CT molecular complexity index is 797. The van der Waals surface area contributed by atoms with E-state index in [-0.39, 0.29) is 21.7 Å². The van der Waals surface area contributed by atoms with E-state index < -0.39 is 20.9 Å². The average Bonchev–Trinajstić information content (AvgIpc) is 2.91. The first-order chi connectivity index (χ1) is 9.81. The van der Waals surface area contributed by atoms with Crippen LogP contribution in [0.1, 0.15) is 15.9 Å². The molecule has 0 atom stereocenters. The van der Waals surface area contributed by atoms with Gasteiger partial charge in [0.2, 0.25) is 0 Å². The van der Waals surface area contributed by atoms with Crippen LogP contribution in [-0.2, 0) is 10.0 Å². The average molecular weight is 326 g/mol. The molecule has 2 rings (SSSR count). The number of rotatable bonds is 4. The quantitative estimate of drug-likeness (QED) is 0.684. The number of amides is 1. The molecule has 0 aliphatic rings. The summed E-state index contributed by atoms with van der Waals surface area (Å²) in [5.41, 5.74) is 0.216. The summed E-state index contributed by atoms with van der Waals surface area (Å²) in [5, 5.41) is 13.8. The van der Waals surface area contributed by atoms with Gasteiger partial charge in [0, 0.05) is 17.5 Å². The van der Waals surface area contributed by atoms with Crippen molar-refractivity contribution in [2.45, 2.75) is 11.8 Å². The molecule has 1 aromatic heterocycles. The van der Waals surface area contributed by atoms with Gasteiger partial charge in [0.05, 0.1) is 15.4 Å². The summed E-state index contributed by atoms with van der Waals surface area (Å²) in [6.07, 6.45) is 0. The van der Waals surface area contributed by atoms with Crippen molar-refractivity contribution in [3.05, 3.63) is 56.3 Å². The highest BCUT2D eigenvalue weighted by Gasteiger charge is 2.22. The van der Waals surface area contributed by atoms with Gasteiger partial charge >= 0.3 is 0 Å². The summed E-state index contributed by atoms with van der Waals surface area (Å²) in [6.45, 7) is 1.43. The summed E-state index contributed by atoms with van der Waals surface area (Å²) in [7, 11) is -4.08. The van der Waals surface area contributed by atoms with E-state index in [0.717, 1.165) is 18.2 Å². The number of aryl methyl sites for hydroxylation is 1. The minimum Gasteiger partial charge on any atom is -0.268 e. The molecule has 0 fully saturated rings. The number of nitrogens with one attached hydrogen (secondary N) is 1. The fourth-order valence-electron chi connectivity index (χ4n) is 1.68. The maximum Gasteiger partial charge on any atom is 0.269 e. The zero-order valence-electron chi connectivity index (χ0n) is 10.8. The minimum absolute atomic E-state index is 0.170. The predicted molar refractivity (Wildman–Crippen MR) is 76.8 cm³/mol. The van der Waals surface area contributed by atoms with Crippen molar-refractivity contribution in [1.29, 1.82) is 0 Å². The molecule has 0 aliphatic carbocycles. The maximum atomic E-state index is 12.1. The highest BCUT2D eigenvalue weighted by Crippen LogP contribution is 2.21. The molecule has 1 amide bonds. The predicted octanol–water partition coefficient (Wildman–Crippen LogP) is 2.08. The van der Waals surface area contributed by atoms with Gasteiger partial charge in [0.25, 0.3) is 21.6 Å². The molecule has 9 heteroatoms. The Morgan fingerprint density at radius 2 is 2.05 bits per heavy atom. The number of sulfonamides is 1. The molecule has 0 radical (unpaired) electrons. The summed E-state index contributed by atoms with van der Waals surface area (Å²) in [5.74, 6) is -0.742. The van der Waals surface area contributed by atoms with Crippen LogP contribution >= 0.6 is 11.3 Å². The number of carbonyl (C=O) groups excluding carboxylic acids is 1. The van der Waals surface area contributed by atoms with Crippen LogP contribution in [0.2, 0.25) is 0 Å². The Balaban J connectivity index is 2.32. The van der Waals surface area contributed by atoms with E-state index in [0.29, 0.717) is 0 Å². The van der Waals surface area contributed by atoms with E-state index in [1.807, 2.05) is 4.72 Å². The van der Waals surface area contributed by atoms with Crippen LogP contribution in [0.25, 0.3) is 0 Å². The molecule has 0 aliphatic heterocycles. The van der Waals surface area contributed by atoms with Crippen molar-refractivity contribution in [3.8, 4) is 0 Å². The fourth-order valence-corrected chi connectivity index (χ4v) is 3.52. The number of benzene rings is 1. The highest BCUT2D eigenvalue weighted by molar-refractivity contribution is 7.90. The molecule has 110 valence electrons. The van der Waals surface area contributed by atoms with Crippen LogP contribution in [0.3, 0.4) is 0 Å². The van der Waals surface area contributed by atoms with Crippen molar-refractivity contribution in [3.63, 3.8) is 0 Å². The van der Waals surface area contributed by atoms with E-state index in [4.69, 9.17) is 0 Å². The monoisotopic (exact) mass is 326 g/mol. The van der Waals surface area contributed by atoms with Gasteiger partial charge in [-0.05, 0) is 30.0 Å². The second kappa shape index (κ2) is 5.62. The van der Waals surface area contributed by atoms with Gasteiger partial charge in [0.1, 0.15) is 0 Å². The Morgan fingerprint density at radius 1 is 1.33 bits per heavy atom. The van der Waals surface area contributed by atoms with E-state index in [1.165, 1.54) is 29.7 Å². The molecule has 21 heavy (non-hydrogen) atoms. The van der Waals surface area contributed by atoms with E-state index in [9.17, 15) is 23.3 Å². The Kier molecular flexibility index (Phi) is 4.05. The zero-order chi connectivity index (χ0) is 15.6. The molecule has 1 N–H and O–H groups in total. The zero-order valence-corrected chi connectivity index (χ0v) is 12.4. The molecule has 1 aromatic carbocycles. The van der Waals surface area contributed by atoms with Gasteiger partial charge < -0.3 is 0 Å². The lowest BCUT2D eigenvalue weighted by Crippen LogP contribution is -2.30. The molecule has 1 heterocycles. The Morgan fingerprint density at radius 3 is 2.57 bits per heavy atom. The highest BCUT2D eigenvalue weighted by atomic mass is 32.2. The first-order valence-corrected chi connectivity index (χ1v) is 8.08. The standard InChI is InChI=1S/C12H10N2O5S2/c1-8-6-10(14(16)17)2-3-11(8)21(18,19)13-12(15)9-4-5-20-7-9/h2-7H,1H3,(H,13,15). The lowest BCUT2D eigenvalue weighted by Gasteiger charge is -2.08. The third kappa shape index (κ3) is 3.26. The largest absolute Gasteiger partial charge is 0.269 e. The number of carbonyl (C=O) groups is 1. The number of hydrogen-bond acceptors (Lipinski definition) is 6. The van der Waals surface area contributed by atoms with Gasteiger partial charge in [-0.15, -0.1) is 0 Å². The Hall–Kier alpha value is -2.26. The number of nitrogens with zero attached hydrogens (tertiary/aromatic N) is 1. The van der Waals surface area contributed by atoms with Gasteiger partial charge in [-0.2, -0.15) is 11.3 Å². The first-order valence-electron chi connectivity index (χ1n) is 5.65. The molecular weight excluding hydrogens is 316 g/mol. The molecule has 7 nitrogen and oxygen atoms in total.